The van der Waals surface area contributed by atoms with Crippen LogP contribution in [0.1, 0.15) is 16.8 Å². The maximum atomic E-state index is 12.2. The Morgan fingerprint density at radius 2 is 2.28 bits per heavy atom. The van der Waals surface area contributed by atoms with Crippen molar-refractivity contribution in [3.05, 3.63) is 41.7 Å². The summed E-state index contributed by atoms with van der Waals surface area (Å²) in [5.41, 5.74) is 1.06. The number of rotatable bonds is 2. The number of esters is 1. The number of hydrogen-bond donors (Lipinski definition) is 0. The molecule has 0 atom stereocenters. The quantitative estimate of drug-likeness (QED) is 0.731. The van der Waals surface area contributed by atoms with Gasteiger partial charge < -0.3 is 9.64 Å². The number of nitrogens with zero attached hydrogens (tertiary/aromatic N) is 2. The van der Waals surface area contributed by atoms with Gasteiger partial charge >= 0.3 is 5.97 Å². The van der Waals surface area contributed by atoms with Crippen molar-refractivity contribution in [2.24, 2.45) is 0 Å². The number of carbonyl (C=O) groups is 2. The molecule has 18 heavy (non-hydrogen) atoms. The molecule has 2 rings (SSSR count). The summed E-state index contributed by atoms with van der Waals surface area (Å²) in [6, 6.07) is 3.43. The van der Waals surface area contributed by atoms with Crippen LogP contribution in [-0.4, -0.2) is 42.0 Å². The summed E-state index contributed by atoms with van der Waals surface area (Å²) in [5, 5.41) is 0. The fourth-order valence-electron chi connectivity index (χ4n) is 1.87. The van der Waals surface area contributed by atoms with E-state index in [4.69, 9.17) is 0 Å². The van der Waals surface area contributed by atoms with Crippen LogP contribution >= 0.6 is 0 Å². The molecule has 0 radical (unpaired) electrons. The molecule has 0 saturated carbocycles. The van der Waals surface area contributed by atoms with Crippen LogP contribution in [0.15, 0.2) is 36.2 Å². The standard InChI is InChI=1S/C13H14N2O3/c1-18-13(17)11-5-3-7-15(9-11)12(16)10-4-2-6-14-8-10/h2,4-6,8H,3,7,9H2,1H3. The molecule has 1 aromatic rings. The van der Waals surface area contributed by atoms with Crippen LogP contribution in [0.2, 0.25) is 0 Å². The van der Waals surface area contributed by atoms with Crippen LogP contribution in [0, 0.1) is 0 Å². The third kappa shape index (κ3) is 2.56. The topological polar surface area (TPSA) is 59.5 Å². The lowest BCUT2D eigenvalue weighted by Gasteiger charge is -2.26. The second-order valence-electron chi connectivity index (χ2n) is 3.98. The summed E-state index contributed by atoms with van der Waals surface area (Å²) in [6.45, 7) is 0.897. The number of pyridine rings is 1. The molecule has 1 amide bonds. The molecule has 5 nitrogen and oxygen atoms in total. The first-order chi connectivity index (χ1) is 8.72. The summed E-state index contributed by atoms with van der Waals surface area (Å²) >= 11 is 0. The first-order valence-electron chi connectivity index (χ1n) is 5.69. The highest BCUT2D eigenvalue weighted by Gasteiger charge is 2.23. The van der Waals surface area contributed by atoms with E-state index in [1.54, 1.807) is 23.2 Å². The SMILES string of the molecule is COC(=O)C1=CCCN(C(=O)c2cccnc2)C1. The van der Waals surface area contributed by atoms with E-state index >= 15 is 0 Å². The highest BCUT2D eigenvalue weighted by Crippen LogP contribution is 2.14. The molecular formula is C13H14N2O3. The van der Waals surface area contributed by atoms with Gasteiger partial charge in [-0.1, -0.05) is 6.08 Å². The Hall–Kier alpha value is -2.17. The molecule has 0 saturated heterocycles. The lowest BCUT2D eigenvalue weighted by atomic mass is 10.1. The third-order valence-corrected chi connectivity index (χ3v) is 2.79. The van der Waals surface area contributed by atoms with Crippen LogP contribution in [0.25, 0.3) is 0 Å². The zero-order valence-corrected chi connectivity index (χ0v) is 10.1. The Morgan fingerprint density at radius 3 is 2.94 bits per heavy atom. The predicted molar refractivity (Wildman–Crippen MR) is 64.9 cm³/mol. The highest BCUT2D eigenvalue weighted by molar-refractivity contribution is 5.96. The average Bonchev–Trinajstić information content (AvgIpc) is 2.46. The number of hydrogen-bond acceptors (Lipinski definition) is 4. The van der Waals surface area contributed by atoms with E-state index in [1.165, 1.54) is 13.3 Å². The van der Waals surface area contributed by atoms with E-state index in [2.05, 4.69) is 9.72 Å². The van der Waals surface area contributed by atoms with Crippen LogP contribution in [0.3, 0.4) is 0 Å². The molecule has 0 spiro atoms. The van der Waals surface area contributed by atoms with Crippen molar-refractivity contribution in [3.8, 4) is 0 Å². The molecule has 2 heterocycles. The van der Waals surface area contributed by atoms with E-state index in [0.717, 1.165) is 0 Å². The van der Waals surface area contributed by atoms with E-state index in [0.29, 0.717) is 30.6 Å². The van der Waals surface area contributed by atoms with E-state index in [-0.39, 0.29) is 11.9 Å². The van der Waals surface area contributed by atoms with Gasteiger partial charge in [-0.05, 0) is 18.6 Å². The lowest BCUT2D eigenvalue weighted by Crippen LogP contribution is -2.37. The molecule has 5 heteroatoms. The Balaban J connectivity index is 2.10. The molecule has 94 valence electrons. The maximum absolute atomic E-state index is 12.2. The van der Waals surface area contributed by atoms with Gasteiger partial charge in [-0.25, -0.2) is 4.79 Å². The van der Waals surface area contributed by atoms with Crippen molar-refractivity contribution in [2.75, 3.05) is 20.2 Å². The van der Waals surface area contributed by atoms with Crippen molar-refractivity contribution in [2.45, 2.75) is 6.42 Å². The molecule has 0 aliphatic carbocycles. The third-order valence-electron chi connectivity index (χ3n) is 2.79. The second-order valence-corrected chi connectivity index (χ2v) is 3.98. The highest BCUT2D eigenvalue weighted by atomic mass is 16.5. The van der Waals surface area contributed by atoms with E-state index < -0.39 is 0 Å². The number of methoxy groups -OCH3 is 1. The first kappa shape index (κ1) is 12.3. The van der Waals surface area contributed by atoms with Gasteiger partial charge in [-0.2, -0.15) is 0 Å². The molecule has 1 aromatic heterocycles. The summed E-state index contributed by atoms with van der Waals surface area (Å²) in [5.74, 6) is -0.490. The van der Waals surface area contributed by atoms with Crippen molar-refractivity contribution < 1.29 is 14.3 Å². The number of ether oxygens (including phenoxy) is 1. The zero-order chi connectivity index (χ0) is 13.0. The van der Waals surface area contributed by atoms with E-state index in [1.807, 2.05) is 6.08 Å². The number of carbonyl (C=O) groups excluding carboxylic acids is 2. The van der Waals surface area contributed by atoms with E-state index in [9.17, 15) is 9.59 Å². The fourth-order valence-corrected chi connectivity index (χ4v) is 1.87. The molecule has 0 bridgehead atoms. The van der Waals surface area contributed by atoms with Gasteiger partial charge in [0.15, 0.2) is 0 Å². The summed E-state index contributed by atoms with van der Waals surface area (Å²) in [6.07, 6.45) is 5.63. The van der Waals surface area contributed by atoms with Gasteiger partial charge in [0.25, 0.3) is 5.91 Å². The zero-order valence-electron chi connectivity index (χ0n) is 10.1. The Bertz CT molecular complexity index is 482. The minimum atomic E-state index is -0.376. The smallest absolute Gasteiger partial charge is 0.335 e. The Morgan fingerprint density at radius 1 is 1.44 bits per heavy atom. The molecule has 0 N–H and O–H groups in total. The minimum absolute atomic E-state index is 0.113. The van der Waals surface area contributed by atoms with Crippen molar-refractivity contribution in [1.29, 1.82) is 0 Å². The normalized spacial score (nSPS) is 14.9. The fraction of sp³-hybridized carbons (Fsp3) is 0.308. The molecular weight excluding hydrogens is 232 g/mol. The minimum Gasteiger partial charge on any atom is -0.466 e. The van der Waals surface area contributed by atoms with Crippen LogP contribution < -0.4 is 0 Å². The van der Waals surface area contributed by atoms with Crippen molar-refractivity contribution >= 4 is 11.9 Å². The second kappa shape index (κ2) is 5.44. The molecule has 1 aliphatic heterocycles. The summed E-state index contributed by atoms with van der Waals surface area (Å²) < 4.78 is 4.67. The average molecular weight is 246 g/mol. The first-order valence-corrected chi connectivity index (χ1v) is 5.69. The summed E-state index contributed by atoms with van der Waals surface area (Å²) in [7, 11) is 1.34. The van der Waals surface area contributed by atoms with Gasteiger partial charge in [0.2, 0.25) is 0 Å². The van der Waals surface area contributed by atoms with Crippen molar-refractivity contribution in [1.82, 2.24) is 9.88 Å². The lowest BCUT2D eigenvalue weighted by molar-refractivity contribution is -0.136. The molecule has 0 fully saturated rings. The van der Waals surface area contributed by atoms with Crippen LogP contribution in [0.4, 0.5) is 0 Å². The van der Waals surface area contributed by atoms with Gasteiger partial charge in [-0.15, -0.1) is 0 Å². The largest absolute Gasteiger partial charge is 0.466 e. The predicted octanol–water partition coefficient (Wildman–Crippen LogP) is 1.03. The van der Waals surface area contributed by atoms with Gasteiger partial charge in [0.1, 0.15) is 0 Å². The van der Waals surface area contributed by atoms with Crippen LogP contribution in [-0.2, 0) is 9.53 Å². The Labute approximate surface area is 105 Å². The molecule has 1 aliphatic rings. The van der Waals surface area contributed by atoms with Crippen molar-refractivity contribution in [3.63, 3.8) is 0 Å². The monoisotopic (exact) mass is 246 g/mol. The van der Waals surface area contributed by atoms with Crippen LogP contribution in [0.5, 0.6) is 0 Å². The van der Waals surface area contributed by atoms with Gasteiger partial charge in [-0.3, -0.25) is 9.78 Å². The summed E-state index contributed by atoms with van der Waals surface area (Å²) in [4.78, 5) is 29.1. The Kier molecular flexibility index (Phi) is 3.72. The van der Waals surface area contributed by atoms with Gasteiger partial charge in [0.05, 0.1) is 24.8 Å². The maximum Gasteiger partial charge on any atom is 0.335 e. The van der Waals surface area contributed by atoms with Gasteiger partial charge in [0, 0.05) is 18.9 Å². The molecule has 0 unspecified atom stereocenters. The number of aromatic nitrogens is 1. The molecule has 0 aromatic carbocycles. The number of amides is 1.